The minimum Gasteiger partial charge on any atom is -0.507 e. The molecule has 90 valence electrons. The van der Waals surface area contributed by atoms with Crippen molar-refractivity contribution in [3.8, 4) is 23.0 Å². The van der Waals surface area contributed by atoms with E-state index in [1.54, 1.807) is 6.08 Å². The Balaban J connectivity index is 2.57. The molecule has 4 N–H and O–H groups in total. The summed E-state index contributed by atoms with van der Waals surface area (Å²) < 4.78 is 0. The summed E-state index contributed by atoms with van der Waals surface area (Å²) in [6.45, 7) is 2.00. The van der Waals surface area contributed by atoms with Crippen molar-refractivity contribution in [2.45, 2.75) is 19.8 Å². The second-order valence-electron chi connectivity index (χ2n) is 4.19. The minimum absolute atomic E-state index is 0.184. The number of aromatic hydroxyl groups is 4. The predicted octanol–water partition coefficient (Wildman–Crippen LogP) is 2.63. The van der Waals surface area contributed by atoms with Gasteiger partial charge in [0.2, 0.25) is 5.75 Å². The fraction of sp³-hybridized carbons (Fsp3) is 0.231. The van der Waals surface area contributed by atoms with Gasteiger partial charge in [-0.2, -0.15) is 0 Å². The third-order valence-electron chi connectivity index (χ3n) is 2.91. The number of phenolic OH excluding ortho intramolecular Hbond substituents is 4. The third kappa shape index (κ3) is 1.93. The number of rotatable bonds is 1. The van der Waals surface area contributed by atoms with E-state index in [1.165, 1.54) is 5.57 Å². The van der Waals surface area contributed by atoms with Crippen LogP contribution in [0.4, 0.5) is 0 Å². The molecule has 0 unspecified atom stereocenters. The van der Waals surface area contributed by atoms with Crippen molar-refractivity contribution in [1.82, 2.24) is 0 Å². The summed E-state index contributed by atoms with van der Waals surface area (Å²) in [5, 5.41) is 38.2. The summed E-state index contributed by atoms with van der Waals surface area (Å²) in [4.78, 5) is 0. The van der Waals surface area contributed by atoms with Crippen molar-refractivity contribution in [1.29, 1.82) is 0 Å². The molecule has 0 fully saturated rings. The highest BCUT2D eigenvalue weighted by Crippen LogP contribution is 2.47. The Morgan fingerprint density at radius 3 is 2.18 bits per heavy atom. The number of phenols is 4. The Kier molecular flexibility index (Phi) is 2.71. The molecule has 1 aliphatic carbocycles. The molecule has 17 heavy (non-hydrogen) atoms. The lowest BCUT2D eigenvalue weighted by molar-refractivity contribution is 0.359. The van der Waals surface area contributed by atoms with Gasteiger partial charge in [-0.1, -0.05) is 17.7 Å². The quantitative estimate of drug-likeness (QED) is 0.445. The highest BCUT2D eigenvalue weighted by atomic mass is 16.3. The van der Waals surface area contributed by atoms with Crippen molar-refractivity contribution in [3.63, 3.8) is 0 Å². The van der Waals surface area contributed by atoms with E-state index in [-0.39, 0.29) is 11.3 Å². The average molecular weight is 234 g/mol. The van der Waals surface area contributed by atoms with Gasteiger partial charge in [0.25, 0.3) is 0 Å². The van der Waals surface area contributed by atoms with Gasteiger partial charge >= 0.3 is 0 Å². The monoisotopic (exact) mass is 234 g/mol. The van der Waals surface area contributed by atoms with Crippen LogP contribution in [0.25, 0.3) is 5.57 Å². The summed E-state index contributed by atoms with van der Waals surface area (Å²) in [5.41, 5.74) is 2.14. The summed E-state index contributed by atoms with van der Waals surface area (Å²) in [5.74, 6) is -1.87. The van der Waals surface area contributed by atoms with Crippen LogP contribution in [0.2, 0.25) is 0 Å². The van der Waals surface area contributed by atoms with Crippen LogP contribution in [-0.2, 0) is 0 Å². The highest BCUT2D eigenvalue weighted by molar-refractivity contribution is 5.80. The molecule has 0 saturated heterocycles. The van der Waals surface area contributed by atoms with Crippen molar-refractivity contribution in [3.05, 3.63) is 29.4 Å². The molecule has 0 aliphatic heterocycles. The minimum atomic E-state index is -0.607. The first kappa shape index (κ1) is 11.4. The zero-order chi connectivity index (χ0) is 12.6. The van der Waals surface area contributed by atoms with Crippen LogP contribution in [0.5, 0.6) is 23.0 Å². The predicted molar refractivity (Wildman–Crippen MR) is 64.1 cm³/mol. The van der Waals surface area contributed by atoms with E-state index in [2.05, 4.69) is 0 Å². The van der Waals surface area contributed by atoms with Gasteiger partial charge < -0.3 is 20.4 Å². The standard InChI is InChI=1S/C13H14O4/c1-7-2-4-8(5-3-7)11-9(14)6-10(15)12(16)13(11)17/h2,4,6,14-17H,3,5H2,1H3. The molecule has 0 heterocycles. The molecule has 0 aromatic heterocycles. The van der Waals surface area contributed by atoms with Crippen LogP contribution in [0.3, 0.4) is 0 Å². The molecule has 1 aromatic carbocycles. The van der Waals surface area contributed by atoms with E-state index < -0.39 is 17.2 Å². The maximum Gasteiger partial charge on any atom is 0.201 e. The zero-order valence-electron chi connectivity index (χ0n) is 9.44. The van der Waals surface area contributed by atoms with Gasteiger partial charge in [-0.3, -0.25) is 0 Å². The Bertz CT molecular complexity index is 527. The molecule has 0 bridgehead atoms. The smallest absolute Gasteiger partial charge is 0.201 e. The van der Waals surface area contributed by atoms with Gasteiger partial charge in [0.1, 0.15) is 5.75 Å². The number of hydrogen-bond donors (Lipinski definition) is 4. The van der Waals surface area contributed by atoms with Crippen LogP contribution in [0.1, 0.15) is 25.3 Å². The second-order valence-corrected chi connectivity index (χ2v) is 4.19. The van der Waals surface area contributed by atoms with E-state index in [9.17, 15) is 20.4 Å². The lowest BCUT2D eigenvalue weighted by Gasteiger charge is -2.16. The lowest BCUT2D eigenvalue weighted by Crippen LogP contribution is -1.93. The number of benzene rings is 1. The van der Waals surface area contributed by atoms with Crippen LogP contribution in [0, 0.1) is 0 Å². The van der Waals surface area contributed by atoms with Crippen molar-refractivity contribution >= 4 is 5.57 Å². The summed E-state index contributed by atoms with van der Waals surface area (Å²) in [6, 6.07) is 1.02. The van der Waals surface area contributed by atoms with Gasteiger partial charge in [-0.25, -0.2) is 0 Å². The molecule has 4 nitrogen and oxygen atoms in total. The van der Waals surface area contributed by atoms with Crippen LogP contribution >= 0.6 is 0 Å². The van der Waals surface area contributed by atoms with Crippen molar-refractivity contribution < 1.29 is 20.4 Å². The summed E-state index contributed by atoms with van der Waals surface area (Å²) >= 11 is 0. The highest BCUT2D eigenvalue weighted by Gasteiger charge is 2.20. The third-order valence-corrected chi connectivity index (χ3v) is 2.91. The first-order chi connectivity index (χ1) is 8.00. The van der Waals surface area contributed by atoms with Gasteiger partial charge in [0.05, 0.1) is 5.56 Å². The molecule has 4 heteroatoms. The Morgan fingerprint density at radius 2 is 1.59 bits per heavy atom. The molecule has 0 saturated carbocycles. The fourth-order valence-corrected chi connectivity index (χ4v) is 1.90. The van der Waals surface area contributed by atoms with E-state index in [1.807, 2.05) is 13.0 Å². The van der Waals surface area contributed by atoms with Crippen LogP contribution in [0.15, 0.2) is 23.8 Å². The largest absolute Gasteiger partial charge is 0.507 e. The maximum absolute atomic E-state index is 9.75. The van der Waals surface area contributed by atoms with Crippen molar-refractivity contribution in [2.75, 3.05) is 0 Å². The summed E-state index contributed by atoms with van der Waals surface area (Å²) in [7, 11) is 0. The maximum atomic E-state index is 9.75. The fourth-order valence-electron chi connectivity index (χ4n) is 1.90. The van der Waals surface area contributed by atoms with E-state index in [0.717, 1.165) is 18.1 Å². The Labute approximate surface area is 98.8 Å². The SMILES string of the molecule is CC1=CC=C(c2c(O)cc(O)c(O)c2O)CC1. The first-order valence-electron chi connectivity index (χ1n) is 5.34. The van der Waals surface area contributed by atoms with Crippen LogP contribution in [-0.4, -0.2) is 20.4 Å². The Morgan fingerprint density at radius 1 is 0.882 bits per heavy atom. The molecule has 0 amide bonds. The zero-order valence-corrected chi connectivity index (χ0v) is 9.44. The van der Waals surface area contributed by atoms with Gasteiger partial charge in [-0.05, 0) is 25.3 Å². The van der Waals surface area contributed by atoms with Gasteiger partial charge in [-0.15, -0.1) is 0 Å². The number of allylic oxidation sites excluding steroid dienone is 4. The first-order valence-corrected chi connectivity index (χ1v) is 5.34. The summed E-state index contributed by atoms with van der Waals surface area (Å²) in [6.07, 6.45) is 5.21. The molecule has 1 aromatic rings. The molecular weight excluding hydrogens is 220 g/mol. The number of hydrogen-bond acceptors (Lipinski definition) is 4. The lowest BCUT2D eigenvalue weighted by atomic mass is 9.92. The van der Waals surface area contributed by atoms with Crippen LogP contribution < -0.4 is 0 Å². The van der Waals surface area contributed by atoms with E-state index >= 15 is 0 Å². The normalized spacial score (nSPS) is 15.4. The average Bonchev–Trinajstić information content (AvgIpc) is 2.29. The molecule has 0 spiro atoms. The van der Waals surface area contributed by atoms with E-state index in [0.29, 0.717) is 6.42 Å². The van der Waals surface area contributed by atoms with Gasteiger partial charge in [0, 0.05) is 6.07 Å². The Hall–Kier alpha value is -2.10. The van der Waals surface area contributed by atoms with E-state index in [4.69, 9.17) is 0 Å². The molecule has 2 rings (SSSR count). The van der Waals surface area contributed by atoms with Crippen molar-refractivity contribution in [2.24, 2.45) is 0 Å². The second kappa shape index (κ2) is 4.05. The molecule has 0 radical (unpaired) electrons. The molecule has 1 aliphatic rings. The van der Waals surface area contributed by atoms with Gasteiger partial charge in [0.15, 0.2) is 11.5 Å². The molecule has 0 atom stereocenters. The topological polar surface area (TPSA) is 80.9 Å². The molecular formula is C13H14O4.